The van der Waals surface area contributed by atoms with Crippen LogP contribution in [-0.4, -0.2) is 29.9 Å². The van der Waals surface area contributed by atoms with Crippen molar-refractivity contribution in [1.82, 2.24) is 0 Å². The molecule has 0 amide bonds. The molecule has 0 aliphatic rings. The van der Waals surface area contributed by atoms with Gasteiger partial charge in [-0.25, -0.2) is 8.42 Å². The molecular formula is C22H45KO4S. The number of aliphatic hydroxyl groups is 1. The Kier molecular flexibility index (Phi) is 26.2. The fourth-order valence-electron chi connectivity index (χ4n) is 3.66. The van der Waals surface area contributed by atoms with Crippen molar-refractivity contribution in [3.63, 3.8) is 0 Å². The minimum atomic E-state index is -4.14. The van der Waals surface area contributed by atoms with Crippen LogP contribution >= 0.6 is 0 Å². The topological polar surface area (TPSA) is 77.4 Å². The van der Waals surface area contributed by atoms with Crippen LogP contribution < -0.4 is 51.4 Å². The average molecular weight is 445 g/mol. The molecule has 164 valence electrons. The second kappa shape index (κ2) is 23.2. The van der Waals surface area contributed by atoms with E-state index in [4.69, 9.17) is 5.11 Å². The zero-order valence-corrected chi connectivity index (χ0v) is 22.7. The molecule has 0 aromatic heterocycles. The number of hydrogen-bond acceptors (Lipinski definition) is 4. The van der Waals surface area contributed by atoms with E-state index in [0.29, 0.717) is 19.4 Å². The Hall–Kier alpha value is 1.51. The van der Waals surface area contributed by atoms with E-state index in [1.165, 1.54) is 57.8 Å². The maximum atomic E-state index is 11.4. The molecule has 6 heteroatoms. The van der Waals surface area contributed by atoms with E-state index in [9.17, 15) is 13.0 Å². The summed E-state index contributed by atoms with van der Waals surface area (Å²) in [6.07, 6.45) is 20.6. The molecule has 0 saturated heterocycles. The van der Waals surface area contributed by atoms with Gasteiger partial charge in [0.15, 0.2) is 0 Å². The molecule has 1 atom stereocenters. The van der Waals surface area contributed by atoms with E-state index in [-0.39, 0.29) is 51.4 Å². The molecule has 0 aromatic rings. The molecule has 0 aliphatic heterocycles. The van der Waals surface area contributed by atoms with Crippen molar-refractivity contribution in [2.75, 3.05) is 6.61 Å². The van der Waals surface area contributed by atoms with Crippen molar-refractivity contribution >= 4 is 10.1 Å². The molecule has 0 aliphatic carbocycles. The van der Waals surface area contributed by atoms with Crippen LogP contribution in [-0.2, 0) is 10.1 Å². The van der Waals surface area contributed by atoms with Gasteiger partial charge in [0, 0.05) is 11.9 Å². The van der Waals surface area contributed by atoms with Crippen molar-refractivity contribution in [2.24, 2.45) is 0 Å². The second-order valence-electron chi connectivity index (χ2n) is 8.07. The molecule has 0 fully saturated rings. The summed E-state index contributed by atoms with van der Waals surface area (Å²) in [6.45, 7) is 2.48. The van der Waals surface area contributed by atoms with Gasteiger partial charge in [-0.3, -0.25) is 0 Å². The van der Waals surface area contributed by atoms with E-state index >= 15 is 0 Å². The van der Waals surface area contributed by atoms with E-state index in [2.05, 4.69) is 6.92 Å². The van der Waals surface area contributed by atoms with Crippen LogP contribution in [0.1, 0.15) is 129 Å². The van der Waals surface area contributed by atoms with Gasteiger partial charge in [-0.2, -0.15) is 0 Å². The van der Waals surface area contributed by atoms with Gasteiger partial charge >= 0.3 is 51.4 Å². The summed E-state index contributed by atoms with van der Waals surface area (Å²) < 4.78 is 34.3. The molecule has 0 spiro atoms. The number of aliphatic hydroxyl groups excluding tert-OH is 1. The smallest absolute Gasteiger partial charge is 0.748 e. The average Bonchev–Trinajstić information content (AvgIpc) is 2.62. The van der Waals surface area contributed by atoms with Gasteiger partial charge < -0.3 is 9.66 Å². The van der Waals surface area contributed by atoms with Crippen LogP contribution in [0.15, 0.2) is 0 Å². The van der Waals surface area contributed by atoms with Crippen LogP contribution in [0.2, 0.25) is 0 Å². The Morgan fingerprint density at radius 2 is 0.964 bits per heavy atom. The summed E-state index contributed by atoms with van der Waals surface area (Å²) in [5.41, 5.74) is 0. The normalized spacial score (nSPS) is 12.7. The first-order chi connectivity index (χ1) is 13.0. The van der Waals surface area contributed by atoms with Crippen LogP contribution in [0, 0.1) is 0 Å². The number of unbranched alkanes of at least 4 members (excludes halogenated alkanes) is 15. The minimum Gasteiger partial charge on any atom is -0.748 e. The van der Waals surface area contributed by atoms with Gasteiger partial charge in [-0.1, -0.05) is 110 Å². The van der Waals surface area contributed by atoms with Crippen LogP contribution in [0.3, 0.4) is 0 Å². The van der Waals surface area contributed by atoms with Gasteiger partial charge in [-0.05, 0) is 19.3 Å². The van der Waals surface area contributed by atoms with E-state index in [1.807, 2.05) is 0 Å². The Morgan fingerprint density at radius 1 is 0.643 bits per heavy atom. The number of hydrogen-bond donors (Lipinski definition) is 1. The van der Waals surface area contributed by atoms with Crippen molar-refractivity contribution in [3.8, 4) is 0 Å². The monoisotopic (exact) mass is 444 g/mol. The van der Waals surface area contributed by atoms with Gasteiger partial charge in [0.25, 0.3) is 0 Å². The van der Waals surface area contributed by atoms with Gasteiger partial charge in [0.1, 0.15) is 0 Å². The third kappa shape index (κ3) is 22.2. The van der Waals surface area contributed by atoms with Crippen molar-refractivity contribution in [1.29, 1.82) is 0 Å². The number of rotatable bonds is 21. The van der Waals surface area contributed by atoms with Crippen LogP contribution in [0.5, 0.6) is 0 Å². The Bertz CT molecular complexity index is 401. The minimum absolute atomic E-state index is 0. The summed E-state index contributed by atoms with van der Waals surface area (Å²) in [6, 6.07) is 0. The molecule has 1 unspecified atom stereocenters. The third-order valence-electron chi connectivity index (χ3n) is 5.47. The quantitative estimate of drug-likeness (QED) is 0.167. The molecule has 0 heterocycles. The molecule has 1 N–H and O–H groups in total. The molecular weight excluding hydrogens is 399 g/mol. The van der Waals surface area contributed by atoms with Gasteiger partial charge in [-0.15, -0.1) is 0 Å². The zero-order valence-electron chi connectivity index (χ0n) is 18.8. The maximum Gasteiger partial charge on any atom is 1.00 e. The summed E-state index contributed by atoms with van der Waals surface area (Å²) in [5, 5.41) is 8.06. The fourth-order valence-corrected chi connectivity index (χ4v) is 4.57. The predicted molar refractivity (Wildman–Crippen MR) is 114 cm³/mol. The molecule has 0 bridgehead atoms. The largest absolute Gasteiger partial charge is 1.00 e. The van der Waals surface area contributed by atoms with Gasteiger partial charge in [0.05, 0.1) is 10.1 Å². The molecule has 28 heavy (non-hydrogen) atoms. The standard InChI is InChI=1S/C22H46O4S.K/c1-2-3-4-13-16-19-22(27(24,25)26)20-17-14-11-9-7-5-6-8-10-12-15-18-21-23;/h22-23H,2-21H2,1H3,(H,24,25,26);/q;+1/p-1. The van der Waals surface area contributed by atoms with Crippen molar-refractivity contribution in [3.05, 3.63) is 0 Å². The summed E-state index contributed by atoms with van der Waals surface area (Å²) in [7, 11) is -4.14. The molecule has 0 radical (unpaired) electrons. The van der Waals surface area contributed by atoms with Crippen molar-refractivity contribution in [2.45, 2.75) is 134 Å². The maximum absolute atomic E-state index is 11.4. The fraction of sp³-hybridized carbons (Fsp3) is 1.00. The molecule has 0 saturated carbocycles. The Balaban J connectivity index is 0. The summed E-state index contributed by atoms with van der Waals surface area (Å²) >= 11 is 0. The van der Waals surface area contributed by atoms with E-state index < -0.39 is 15.4 Å². The van der Waals surface area contributed by atoms with Crippen LogP contribution in [0.4, 0.5) is 0 Å². The van der Waals surface area contributed by atoms with Crippen molar-refractivity contribution < 1.29 is 69.5 Å². The summed E-state index contributed by atoms with van der Waals surface area (Å²) in [4.78, 5) is 0. The van der Waals surface area contributed by atoms with Crippen LogP contribution in [0.25, 0.3) is 0 Å². The first-order valence-corrected chi connectivity index (χ1v) is 13.0. The second-order valence-corrected chi connectivity index (χ2v) is 9.72. The first kappa shape index (κ1) is 31.7. The first-order valence-electron chi connectivity index (χ1n) is 11.6. The molecule has 0 rings (SSSR count). The predicted octanol–water partition coefficient (Wildman–Crippen LogP) is 3.33. The molecule has 4 nitrogen and oxygen atoms in total. The SMILES string of the molecule is CCCCCCCC(CCCCCCCCCCCCCCO)S(=O)(=O)[O-].[K+]. The third-order valence-corrected chi connectivity index (χ3v) is 6.76. The van der Waals surface area contributed by atoms with Gasteiger partial charge in [0.2, 0.25) is 0 Å². The summed E-state index contributed by atoms with van der Waals surface area (Å²) in [5.74, 6) is 0. The Morgan fingerprint density at radius 3 is 1.29 bits per heavy atom. The van der Waals surface area contributed by atoms with E-state index in [1.54, 1.807) is 0 Å². The zero-order chi connectivity index (χ0) is 20.2. The Labute approximate surface area is 218 Å². The van der Waals surface area contributed by atoms with E-state index in [0.717, 1.165) is 51.4 Å². The molecule has 0 aromatic carbocycles.